The zero-order chi connectivity index (χ0) is 12.1. The Labute approximate surface area is 110 Å². The third-order valence-electron chi connectivity index (χ3n) is 3.70. The van der Waals surface area contributed by atoms with E-state index in [2.05, 4.69) is 39.9 Å². The number of rotatable bonds is 0. The van der Waals surface area contributed by atoms with Crippen molar-refractivity contribution in [2.75, 3.05) is 0 Å². The van der Waals surface area contributed by atoms with Crippen LogP contribution in [0.15, 0.2) is 42.5 Å². The second kappa shape index (κ2) is 3.56. The Kier molecular flexibility index (Phi) is 2.00. The minimum Gasteiger partial charge on any atom is -0.353 e. The fourth-order valence-corrected chi connectivity index (χ4v) is 3.14. The molecule has 88 valence electrons. The number of hydrogen-bond donors (Lipinski definition) is 1. The largest absolute Gasteiger partial charge is 0.353 e. The summed E-state index contributed by atoms with van der Waals surface area (Å²) in [4.78, 5) is 3.53. The van der Waals surface area contributed by atoms with E-state index in [4.69, 9.17) is 12.2 Å². The normalized spacial score (nSPS) is 13.3. The minimum absolute atomic E-state index is 0.914. The summed E-state index contributed by atoms with van der Waals surface area (Å²) in [5.41, 5.74) is 5.08. The lowest BCUT2D eigenvalue weighted by Crippen LogP contribution is -2.12. The molecule has 0 atom stereocenters. The van der Waals surface area contributed by atoms with Crippen LogP contribution in [0.4, 0.5) is 0 Å². The topological polar surface area (TPSA) is 20.7 Å². The standard InChI is InChI=1S/C15H12N2S/c18-14-7-3-6-13-15-11(8-9-17(13)14)10-4-1-2-5-12(10)16-15/h1-7,16H,8-9H2. The first-order chi connectivity index (χ1) is 8.84. The van der Waals surface area contributed by atoms with Crippen LogP contribution in [-0.4, -0.2) is 9.55 Å². The summed E-state index contributed by atoms with van der Waals surface area (Å²) < 4.78 is 3.13. The molecule has 1 aliphatic heterocycles. The van der Waals surface area contributed by atoms with Crippen molar-refractivity contribution in [3.05, 3.63) is 52.7 Å². The van der Waals surface area contributed by atoms with Gasteiger partial charge in [0.2, 0.25) is 0 Å². The van der Waals surface area contributed by atoms with Crippen molar-refractivity contribution in [1.82, 2.24) is 9.55 Å². The highest BCUT2D eigenvalue weighted by Crippen LogP contribution is 2.34. The Balaban J connectivity index is 2.13. The zero-order valence-corrected chi connectivity index (χ0v) is 10.6. The molecular weight excluding hydrogens is 240 g/mol. The van der Waals surface area contributed by atoms with Crippen LogP contribution in [0, 0.1) is 4.64 Å². The third-order valence-corrected chi connectivity index (χ3v) is 4.06. The van der Waals surface area contributed by atoms with Gasteiger partial charge in [-0.1, -0.05) is 36.5 Å². The van der Waals surface area contributed by atoms with Crippen molar-refractivity contribution in [2.24, 2.45) is 0 Å². The number of aromatic nitrogens is 2. The van der Waals surface area contributed by atoms with Crippen LogP contribution in [0.3, 0.4) is 0 Å². The number of H-pyrrole nitrogens is 1. The lowest BCUT2D eigenvalue weighted by atomic mass is 10.0. The van der Waals surface area contributed by atoms with E-state index in [9.17, 15) is 0 Å². The van der Waals surface area contributed by atoms with Crippen molar-refractivity contribution >= 4 is 23.1 Å². The number of pyridine rings is 1. The highest BCUT2D eigenvalue weighted by Gasteiger charge is 2.19. The molecule has 3 heterocycles. The van der Waals surface area contributed by atoms with Crippen LogP contribution in [0.25, 0.3) is 22.3 Å². The van der Waals surface area contributed by atoms with Crippen LogP contribution in [0.5, 0.6) is 0 Å². The van der Waals surface area contributed by atoms with Crippen LogP contribution in [0.2, 0.25) is 0 Å². The van der Waals surface area contributed by atoms with Crippen molar-refractivity contribution in [3.8, 4) is 11.4 Å². The van der Waals surface area contributed by atoms with Gasteiger partial charge in [-0.3, -0.25) is 0 Å². The molecule has 0 unspecified atom stereocenters. The number of fused-ring (bicyclic) bond motifs is 5. The predicted octanol–water partition coefficient (Wildman–Crippen LogP) is 3.92. The second-order valence-corrected chi connectivity index (χ2v) is 5.09. The van der Waals surface area contributed by atoms with Gasteiger partial charge < -0.3 is 9.55 Å². The minimum atomic E-state index is 0.914. The molecule has 0 amide bonds. The maximum absolute atomic E-state index is 5.40. The Morgan fingerprint density at radius 3 is 2.89 bits per heavy atom. The molecule has 0 spiro atoms. The SMILES string of the molecule is S=c1cccc2n1CCc1c-2[nH]c2ccccc12. The third kappa shape index (κ3) is 1.25. The number of aromatic amines is 1. The molecule has 2 nitrogen and oxygen atoms in total. The van der Waals surface area contributed by atoms with E-state index < -0.39 is 0 Å². The van der Waals surface area contributed by atoms with Crippen LogP contribution >= 0.6 is 12.2 Å². The van der Waals surface area contributed by atoms with Crippen molar-refractivity contribution in [3.63, 3.8) is 0 Å². The number of nitrogens with zero attached hydrogens (tertiary/aromatic N) is 1. The van der Waals surface area contributed by atoms with Gasteiger partial charge in [0.05, 0.1) is 11.4 Å². The first kappa shape index (κ1) is 10.1. The smallest absolute Gasteiger partial charge is 0.106 e. The van der Waals surface area contributed by atoms with Crippen LogP contribution in [0.1, 0.15) is 5.56 Å². The summed E-state index contributed by atoms with van der Waals surface area (Å²) in [6, 6.07) is 14.7. The second-order valence-electron chi connectivity index (χ2n) is 4.68. The molecule has 0 bridgehead atoms. The Morgan fingerprint density at radius 2 is 1.94 bits per heavy atom. The van der Waals surface area contributed by atoms with E-state index in [1.54, 1.807) is 0 Å². The molecule has 1 aliphatic rings. The maximum atomic E-state index is 5.40. The summed E-state index contributed by atoms with van der Waals surface area (Å²) in [5, 5.41) is 1.34. The highest BCUT2D eigenvalue weighted by atomic mass is 32.1. The summed E-state index contributed by atoms with van der Waals surface area (Å²) in [6.45, 7) is 0.976. The van der Waals surface area contributed by atoms with Gasteiger partial charge in [-0.2, -0.15) is 0 Å². The Hall–Kier alpha value is -1.87. The molecule has 1 N–H and O–H groups in total. The Morgan fingerprint density at radius 1 is 1.06 bits per heavy atom. The average Bonchev–Trinajstić information content (AvgIpc) is 2.78. The number of aryl methyl sites for hydroxylation is 1. The van der Waals surface area contributed by atoms with Gasteiger partial charge in [0.25, 0.3) is 0 Å². The molecule has 0 fully saturated rings. The monoisotopic (exact) mass is 252 g/mol. The lowest BCUT2D eigenvalue weighted by Gasteiger charge is -2.19. The first-order valence-corrected chi connectivity index (χ1v) is 6.55. The first-order valence-electron chi connectivity index (χ1n) is 6.14. The van der Waals surface area contributed by atoms with Gasteiger partial charge in [-0.25, -0.2) is 0 Å². The summed E-state index contributed by atoms with van der Waals surface area (Å²) in [6.07, 6.45) is 1.05. The highest BCUT2D eigenvalue weighted by molar-refractivity contribution is 7.71. The quantitative estimate of drug-likeness (QED) is 0.601. The van der Waals surface area contributed by atoms with Crippen molar-refractivity contribution in [1.29, 1.82) is 0 Å². The van der Waals surface area contributed by atoms with E-state index in [0.717, 1.165) is 17.6 Å². The zero-order valence-electron chi connectivity index (χ0n) is 9.81. The molecule has 4 rings (SSSR count). The van der Waals surface area contributed by atoms with E-state index in [1.807, 2.05) is 12.1 Å². The van der Waals surface area contributed by atoms with Gasteiger partial charge in [0.1, 0.15) is 4.64 Å². The summed E-state index contributed by atoms with van der Waals surface area (Å²) in [5.74, 6) is 0. The predicted molar refractivity (Wildman–Crippen MR) is 76.3 cm³/mol. The molecule has 3 heteroatoms. The molecule has 18 heavy (non-hydrogen) atoms. The van der Waals surface area contributed by atoms with E-state index in [1.165, 1.54) is 27.9 Å². The van der Waals surface area contributed by atoms with Crippen LogP contribution in [-0.2, 0) is 13.0 Å². The molecule has 3 aromatic rings. The van der Waals surface area contributed by atoms with E-state index in [-0.39, 0.29) is 0 Å². The van der Waals surface area contributed by atoms with Gasteiger partial charge in [-0.15, -0.1) is 0 Å². The van der Waals surface area contributed by atoms with Gasteiger partial charge in [0, 0.05) is 17.4 Å². The number of nitrogens with one attached hydrogen (secondary N) is 1. The molecule has 0 aliphatic carbocycles. The Bertz CT molecular complexity index is 811. The fraction of sp³-hybridized carbons (Fsp3) is 0.133. The average molecular weight is 252 g/mol. The molecule has 2 aromatic heterocycles. The van der Waals surface area contributed by atoms with E-state index in [0.29, 0.717) is 0 Å². The summed E-state index contributed by atoms with van der Waals surface area (Å²) in [7, 11) is 0. The fourth-order valence-electron chi connectivity index (χ4n) is 2.87. The van der Waals surface area contributed by atoms with Gasteiger partial charge in [0.15, 0.2) is 0 Å². The van der Waals surface area contributed by atoms with Crippen molar-refractivity contribution < 1.29 is 0 Å². The summed E-state index contributed by atoms with van der Waals surface area (Å²) >= 11 is 5.40. The number of benzene rings is 1. The maximum Gasteiger partial charge on any atom is 0.106 e. The molecule has 0 radical (unpaired) electrons. The van der Waals surface area contributed by atoms with Crippen LogP contribution < -0.4 is 0 Å². The molecule has 1 aromatic carbocycles. The number of hydrogen-bond acceptors (Lipinski definition) is 1. The van der Waals surface area contributed by atoms with Gasteiger partial charge >= 0.3 is 0 Å². The molecule has 0 saturated heterocycles. The molecule has 0 saturated carbocycles. The van der Waals surface area contributed by atoms with Gasteiger partial charge in [-0.05, 0) is 30.2 Å². The molecular formula is C15H12N2S. The number of para-hydroxylation sites is 1. The van der Waals surface area contributed by atoms with Crippen molar-refractivity contribution in [2.45, 2.75) is 13.0 Å². The van der Waals surface area contributed by atoms with E-state index >= 15 is 0 Å². The lowest BCUT2D eigenvalue weighted by molar-refractivity contribution is 0.673.